The van der Waals surface area contributed by atoms with Crippen LogP contribution in [-0.2, 0) is 10.0 Å². The van der Waals surface area contributed by atoms with Crippen LogP contribution in [0.5, 0.6) is 0 Å². The number of sulfonamides is 1. The van der Waals surface area contributed by atoms with E-state index in [4.69, 9.17) is 5.73 Å². The quantitative estimate of drug-likeness (QED) is 0.667. The average molecular weight is 284 g/mol. The Balaban J connectivity index is 2.58. The SMILES string of the molecule is Cc1cc(F)c(N)c(C)c1S(=O)(=O)N1CC=CCC1. The third-order valence-corrected chi connectivity index (χ3v) is 5.48. The first-order valence-corrected chi connectivity index (χ1v) is 7.50. The highest BCUT2D eigenvalue weighted by Gasteiger charge is 2.29. The Morgan fingerprint density at radius 2 is 2.00 bits per heavy atom. The number of anilines is 1. The third-order valence-electron chi connectivity index (χ3n) is 3.32. The summed E-state index contributed by atoms with van der Waals surface area (Å²) in [7, 11) is -3.63. The minimum absolute atomic E-state index is 0.100. The molecule has 0 bridgehead atoms. The van der Waals surface area contributed by atoms with Crippen molar-refractivity contribution in [2.24, 2.45) is 0 Å². The maximum absolute atomic E-state index is 13.5. The normalized spacial score (nSPS) is 16.8. The van der Waals surface area contributed by atoms with Gasteiger partial charge in [0.2, 0.25) is 10.0 Å². The molecular weight excluding hydrogens is 267 g/mol. The van der Waals surface area contributed by atoms with Crippen LogP contribution in [0, 0.1) is 19.7 Å². The van der Waals surface area contributed by atoms with Gasteiger partial charge in [-0.15, -0.1) is 0 Å². The molecule has 0 spiro atoms. The van der Waals surface area contributed by atoms with Crippen molar-refractivity contribution >= 4 is 15.7 Å². The molecule has 2 N–H and O–H groups in total. The Kier molecular flexibility index (Phi) is 3.64. The molecule has 1 aromatic rings. The molecule has 6 heteroatoms. The van der Waals surface area contributed by atoms with E-state index < -0.39 is 15.8 Å². The van der Waals surface area contributed by atoms with Crippen LogP contribution in [0.15, 0.2) is 23.1 Å². The highest BCUT2D eigenvalue weighted by molar-refractivity contribution is 7.89. The maximum atomic E-state index is 13.5. The third kappa shape index (κ3) is 2.37. The Bertz CT molecular complexity index is 639. The second-order valence-corrected chi connectivity index (χ2v) is 6.54. The zero-order valence-electron chi connectivity index (χ0n) is 11.0. The van der Waals surface area contributed by atoms with Crippen molar-refractivity contribution in [1.29, 1.82) is 0 Å². The lowest BCUT2D eigenvalue weighted by Crippen LogP contribution is -2.34. The minimum atomic E-state index is -3.63. The van der Waals surface area contributed by atoms with Gasteiger partial charge < -0.3 is 5.73 Å². The van der Waals surface area contributed by atoms with Gasteiger partial charge in [0, 0.05) is 13.1 Å². The lowest BCUT2D eigenvalue weighted by molar-refractivity contribution is 0.436. The zero-order chi connectivity index (χ0) is 14.2. The smallest absolute Gasteiger partial charge is 0.243 e. The summed E-state index contributed by atoms with van der Waals surface area (Å²) in [5.41, 5.74) is 6.18. The van der Waals surface area contributed by atoms with Crippen LogP contribution >= 0.6 is 0 Å². The molecule has 0 saturated carbocycles. The second-order valence-electron chi connectivity index (χ2n) is 4.67. The van der Waals surface area contributed by atoms with E-state index in [1.54, 1.807) is 6.92 Å². The van der Waals surface area contributed by atoms with Gasteiger partial charge in [0.15, 0.2) is 0 Å². The van der Waals surface area contributed by atoms with Gasteiger partial charge in [-0.2, -0.15) is 4.31 Å². The summed E-state index contributed by atoms with van der Waals surface area (Å²) >= 11 is 0. The van der Waals surface area contributed by atoms with Gasteiger partial charge in [-0.25, -0.2) is 12.8 Å². The van der Waals surface area contributed by atoms with E-state index >= 15 is 0 Å². The highest BCUT2D eigenvalue weighted by atomic mass is 32.2. The number of aryl methyl sites for hydroxylation is 1. The predicted molar refractivity (Wildman–Crippen MR) is 72.8 cm³/mol. The Hall–Kier alpha value is -1.40. The first-order valence-electron chi connectivity index (χ1n) is 6.06. The van der Waals surface area contributed by atoms with E-state index in [1.807, 2.05) is 12.2 Å². The van der Waals surface area contributed by atoms with Gasteiger partial charge in [-0.1, -0.05) is 12.2 Å². The molecule has 1 aliphatic rings. The van der Waals surface area contributed by atoms with Gasteiger partial charge in [0.25, 0.3) is 0 Å². The molecule has 0 amide bonds. The van der Waals surface area contributed by atoms with Crippen LogP contribution < -0.4 is 5.73 Å². The number of nitrogen functional groups attached to an aromatic ring is 1. The van der Waals surface area contributed by atoms with Gasteiger partial charge in [-0.3, -0.25) is 0 Å². The Morgan fingerprint density at radius 3 is 2.58 bits per heavy atom. The summed E-state index contributed by atoms with van der Waals surface area (Å²) in [4.78, 5) is 0.127. The van der Waals surface area contributed by atoms with Crippen LogP contribution in [0.25, 0.3) is 0 Å². The Morgan fingerprint density at radius 1 is 1.32 bits per heavy atom. The topological polar surface area (TPSA) is 63.4 Å². The zero-order valence-corrected chi connectivity index (χ0v) is 11.8. The number of halogens is 1. The first-order chi connectivity index (χ1) is 8.85. The van der Waals surface area contributed by atoms with Gasteiger partial charge in [-0.05, 0) is 37.5 Å². The number of hydrogen-bond donors (Lipinski definition) is 1. The molecule has 104 valence electrons. The van der Waals surface area contributed by atoms with E-state index in [0.717, 1.165) is 0 Å². The standard InChI is InChI=1S/C13H17FN2O2S/c1-9-8-11(14)12(15)10(2)13(9)19(17,18)16-6-4-3-5-7-16/h3-4,8H,5-7,15H2,1-2H3. The maximum Gasteiger partial charge on any atom is 0.243 e. The lowest BCUT2D eigenvalue weighted by Gasteiger charge is -2.25. The molecule has 4 nitrogen and oxygen atoms in total. The van der Waals surface area contributed by atoms with E-state index in [-0.39, 0.29) is 16.1 Å². The minimum Gasteiger partial charge on any atom is -0.396 e. The van der Waals surface area contributed by atoms with E-state index in [0.29, 0.717) is 25.1 Å². The number of nitrogens with zero attached hydrogens (tertiary/aromatic N) is 1. The fraction of sp³-hybridized carbons (Fsp3) is 0.385. The predicted octanol–water partition coefficient (Wildman–Crippen LogP) is 1.98. The number of benzene rings is 1. The fourth-order valence-electron chi connectivity index (χ4n) is 2.29. The van der Waals surface area contributed by atoms with E-state index in [1.165, 1.54) is 17.3 Å². The molecular formula is C13H17FN2O2S. The summed E-state index contributed by atoms with van der Waals surface area (Å²) < 4.78 is 40.1. The van der Waals surface area contributed by atoms with E-state index in [9.17, 15) is 12.8 Å². The van der Waals surface area contributed by atoms with Crippen molar-refractivity contribution in [3.05, 3.63) is 35.2 Å². The van der Waals surface area contributed by atoms with E-state index in [2.05, 4.69) is 0 Å². The average Bonchev–Trinajstić information content (AvgIpc) is 2.37. The first kappa shape index (κ1) is 14.0. The summed E-state index contributed by atoms with van der Waals surface area (Å²) in [5, 5.41) is 0. The summed E-state index contributed by atoms with van der Waals surface area (Å²) in [6.07, 6.45) is 4.46. The monoisotopic (exact) mass is 284 g/mol. The molecule has 1 heterocycles. The van der Waals surface area contributed by atoms with Gasteiger partial charge in [0.05, 0.1) is 10.6 Å². The van der Waals surface area contributed by atoms with Crippen LogP contribution in [-0.4, -0.2) is 25.8 Å². The van der Waals surface area contributed by atoms with Crippen molar-refractivity contribution in [2.75, 3.05) is 18.8 Å². The van der Waals surface area contributed by atoms with Crippen molar-refractivity contribution in [3.8, 4) is 0 Å². The second kappa shape index (κ2) is 4.94. The number of hydrogen-bond acceptors (Lipinski definition) is 3. The number of nitrogens with two attached hydrogens (primary N) is 1. The highest BCUT2D eigenvalue weighted by Crippen LogP contribution is 2.30. The van der Waals surface area contributed by atoms with Crippen LogP contribution in [0.4, 0.5) is 10.1 Å². The Labute approximate surface area is 112 Å². The van der Waals surface area contributed by atoms with Crippen LogP contribution in [0.2, 0.25) is 0 Å². The van der Waals surface area contributed by atoms with Crippen LogP contribution in [0.3, 0.4) is 0 Å². The van der Waals surface area contributed by atoms with Gasteiger partial charge >= 0.3 is 0 Å². The molecule has 1 aromatic carbocycles. The molecule has 1 aliphatic heterocycles. The molecule has 0 radical (unpaired) electrons. The van der Waals surface area contributed by atoms with Crippen molar-refractivity contribution in [1.82, 2.24) is 4.31 Å². The fourth-order valence-corrected chi connectivity index (χ4v) is 4.14. The number of rotatable bonds is 2. The molecule has 2 rings (SSSR count). The summed E-state index contributed by atoms with van der Waals surface area (Å²) in [6, 6.07) is 1.18. The molecule has 0 fully saturated rings. The molecule has 0 saturated heterocycles. The van der Waals surface area contributed by atoms with Crippen molar-refractivity contribution in [2.45, 2.75) is 25.2 Å². The molecule has 19 heavy (non-hydrogen) atoms. The van der Waals surface area contributed by atoms with Crippen molar-refractivity contribution in [3.63, 3.8) is 0 Å². The molecule has 0 unspecified atom stereocenters. The summed E-state index contributed by atoms with van der Waals surface area (Å²) in [6.45, 7) is 3.91. The van der Waals surface area contributed by atoms with Gasteiger partial charge in [0.1, 0.15) is 5.82 Å². The summed E-state index contributed by atoms with van der Waals surface area (Å²) in [5.74, 6) is -0.576. The lowest BCUT2D eigenvalue weighted by atomic mass is 10.1. The molecule has 0 aliphatic carbocycles. The largest absolute Gasteiger partial charge is 0.396 e. The molecule has 0 atom stereocenters. The van der Waals surface area contributed by atoms with Crippen LogP contribution in [0.1, 0.15) is 17.5 Å². The molecule has 0 aromatic heterocycles. The van der Waals surface area contributed by atoms with Crippen molar-refractivity contribution < 1.29 is 12.8 Å².